The van der Waals surface area contributed by atoms with Crippen molar-refractivity contribution in [2.24, 2.45) is 0 Å². The summed E-state index contributed by atoms with van der Waals surface area (Å²) in [5.41, 5.74) is 3.27. The van der Waals surface area contributed by atoms with E-state index in [9.17, 15) is 0 Å². The summed E-state index contributed by atoms with van der Waals surface area (Å²) in [5.74, 6) is 1.75. The Morgan fingerprint density at radius 3 is 2.58 bits per heavy atom. The Balaban J connectivity index is 2.46. The van der Waals surface area contributed by atoms with Crippen molar-refractivity contribution in [1.29, 1.82) is 0 Å². The van der Waals surface area contributed by atoms with Crippen LogP contribution in [-0.2, 0) is 0 Å². The molecule has 102 valence electrons. The molecule has 19 heavy (non-hydrogen) atoms. The summed E-state index contributed by atoms with van der Waals surface area (Å²) in [6, 6.07) is 6.40. The highest BCUT2D eigenvalue weighted by Crippen LogP contribution is 2.24. The second-order valence-electron chi connectivity index (χ2n) is 5.03. The second-order valence-corrected chi connectivity index (χ2v) is 5.03. The van der Waals surface area contributed by atoms with Gasteiger partial charge in [-0.3, -0.25) is 4.57 Å². The van der Waals surface area contributed by atoms with Crippen molar-refractivity contribution < 1.29 is 4.74 Å². The fourth-order valence-corrected chi connectivity index (χ4v) is 2.07. The van der Waals surface area contributed by atoms with Gasteiger partial charge in [-0.05, 0) is 51.5 Å². The zero-order valence-electron chi connectivity index (χ0n) is 12.2. The lowest BCUT2D eigenvalue weighted by Crippen LogP contribution is -2.14. The van der Waals surface area contributed by atoms with E-state index in [1.807, 2.05) is 25.3 Å². The van der Waals surface area contributed by atoms with Gasteiger partial charge in [-0.1, -0.05) is 0 Å². The van der Waals surface area contributed by atoms with Crippen LogP contribution in [0.5, 0.6) is 5.75 Å². The van der Waals surface area contributed by atoms with Crippen LogP contribution in [0.1, 0.15) is 25.1 Å². The summed E-state index contributed by atoms with van der Waals surface area (Å²) in [6.45, 7) is 8.29. The van der Waals surface area contributed by atoms with Crippen LogP contribution < -0.4 is 10.1 Å². The first-order chi connectivity index (χ1) is 9.01. The molecule has 1 N–H and O–H groups in total. The van der Waals surface area contributed by atoms with Crippen LogP contribution in [0.3, 0.4) is 0 Å². The summed E-state index contributed by atoms with van der Waals surface area (Å²) in [7, 11) is 1.68. The van der Waals surface area contributed by atoms with Crippen LogP contribution in [0.15, 0.2) is 24.4 Å². The van der Waals surface area contributed by atoms with Crippen molar-refractivity contribution in [3.63, 3.8) is 0 Å². The fraction of sp³-hybridized carbons (Fsp3) is 0.400. The number of aryl methyl sites for hydroxylation is 2. The van der Waals surface area contributed by atoms with Crippen molar-refractivity contribution in [2.45, 2.75) is 33.7 Å². The number of ether oxygens (including phenoxy) is 1. The van der Waals surface area contributed by atoms with Crippen molar-refractivity contribution in [3.05, 3.63) is 35.7 Å². The summed E-state index contributed by atoms with van der Waals surface area (Å²) in [5, 5.41) is 3.37. The van der Waals surface area contributed by atoms with E-state index in [2.05, 4.69) is 41.7 Å². The van der Waals surface area contributed by atoms with Gasteiger partial charge in [0.2, 0.25) is 5.95 Å². The van der Waals surface area contributed by atoms with E-state index >= 15 is 0 Å². The smallest absolute Gasteiger partial charge is 0.207 e. The molecule has 2 rings (SSSR count). The highest BCUT2D eigenvalue weighted by Gasteiger charge is 2.10. The summed E-state index contributed by atoms with van der Waals surface area (Å²) >= 11 is 0. The molecule has 0 saturated heterocycles. The van der Waals surface area contributed by atoms with Crippen LogP contribution in [-0.4, -0.2) is 22.7 Å². The average molecular weight is 259 g/mol. The number of aromatic nitrogens is 2. The second kappa shape index (κ2) is 5.34. The maximum atomic E-state index is 5.25. The maximum absolute atomic E-state index is 5.25. The zero-order valence-corrected chi connectivity index (χ0v) is 12.2. The van der Waals surface area contributed by atoms with Gasteiger partial charge in [0.25, 0.3) is 0 Å². The fourth-order valence-electron chi connectivity index (χ4n) is 2.07. The third-order valence-electron chi connectivity index (χ3n) is 2.91. The molecule has 0 aliphatic carbocycles. The monoisotopic (exact) mass is 259 g/mol. The molecule has 0 radical (unpaired) electrons. The Kier molecular flexibility index (Phi) is 3.79. The molecule has 1 aromatic heterocycles. The quantitative estimate of drug-likeness (QED) is 0.915. The van der Waals surface area contributed by atoms with Crippen LogP contribution >= 0.6 is 0 Å². The predicted octanol–water partition coefficient (Wildman–Crippen LogP) is 3.32. The molecule has 0 spiro atoms. The van der Waals surface area contributed by atoms with Crippen LogP contribution in [0, 0.1) is 13.8 Å². The molecular formula is C15H21N3O. The average Bonchev–Trinajstić information content (AvgIpc) is 2.69. The van der Waals surface area contributed by atoms with Gasteiger partial charge >= 0.3 is 0 Å². The number of benzene rings is 1. The number of hydrogen-bond acceptors (Lipinski definition) is 3. The number of nitrogens with one attached hydrogen (secondary N) is 1. The number of methoxy groups -OCH3 is 1. The minimum absolute atomic E-state index is 0.346. The van der Waals surface area contributed by atoms with Gasteiger partial charge in [0.05, 0.1) is 18.5 Å². The first kappa shape index (κ1) is 13.5. The lowest BCUT2D eigenvalue weighted by Gasteiger charge is -2.14. The van der Waals surface area contributed by atoms with Crippen LogP contribution in [0.2, 0.25) is 0 Å². The van der Waals surface area contributed by atoms with E-state index in [4.69, 9.17) is 4.74 Å². The van der Waals surface area contributed by atoms with Crippen molar-refractivity contribution >= 4 is 5.95 Å². The Labute approximate surface area is 114 Å². The lowest BCUT2D eigenvalue weighted by molar-refractivity contribution is 0.414. The SMILES string of the molecule is COc1ccc(-n2cc(C)nc2NC(C)C)c(C)c1. The summed E-state index contributed by atoms with van der Waals surface area (Å²) in [4.78, 5) is 4.53. The van der Waals surface area contributed by atoms with Crippen LogP contribution in [0.4, 0.5) is 5.95 Å². The zero-order chi connectivity index (χ0) is 14.0. The normalized spacial score (nSPS) is 10.8. The molecule has 0 amide bonds. The minimum Gasteiger partial charge on any atom is -0.497 e. The van der Waals surface area contributed by atoms with E-state index in [0.29, 0.717) is 6.04 Å². The first-order valence-electron chi connectivity index (χ1n) is 6.49. The van der Waals surface area contributed by atoms with Crippen molar-refractivity contribution in [1.82, 2.24) is 9.55 Å². The van der Waals surface area contributed by atoms with Crippen molar-refractivity contribution in [3.8, 4) is 11.4 Å². The van der Waals surface area contributed by atoms with Crippen molar-refractivity contribution in [2.75, 3.05) is 12.4 Å². The lowest BCUT2D eigenvalue weighted by atomic mass is 10.2. The van der Waals surface area contributed by atoms with Gasteiger partial charge in [-0.2, -0.15) is 0 Å². The number of hydrogen-bond donors (Lipinski definition) is 1. The molecule has 4 nitrogen and oxygen atoms in total. The summed E-state index contributed by atoms with van der Waals surface area (Å²) in [6.07, 6.45) is 2.04. The van der Waals surface area contributed by atoms with Gasteiger partial charge in [0.15, 0.2) is 0 Å². The van der Waals surface area contributed by atoms with Crippen LogP contribution in [0.25, 0.3) is 5.69 Å². The Hall–Kier alpha value is -1.97. The standard InChI is InChI=1S/C15H21N3O/c1-10(2)16-15-17-12(4)9-18(15)14-7-6-13(19-5)8-11(14)3/h6-10H,1-5H3,(H,16,17). The molecular weight excluding hydrogens is 238 g/mol. The molecule has 4 heteroatoms. The topological polar surface area (TPSA) is 39.1 Å². The van der Waals surface area contributed by atoms with E-state index in [0.717, 1.165) is 28.6 Å². The Morgan fingerprint density at radius 1 is 1.26 bits per heavy atom. The molecule has 0 aliphatic rings. The largest absolute Gasteiger partial charge is 0.497 e. The van der Waals surface area contributed by atoms with Gasteiger partial charge < -0.3 is 10.1 Å². The predicted molar refractivity (Wildman–Crippen MR) is 78.3 cm³/mol. The van der Waals surface area contributed by atoms with E-state index in [-0.39, 0.29) is 0 Å². The summed E-state index contributed by atoms with van der Waals surface area (Å²) < 4.78 is 7.33. The number of nitrogens with zero attached hydrogens (tertiary/aromatic N) is 2. The highest BCUT2D eigenvalue weighted by molar-refractivity contribution is 5.50. The third kappa shape index (κ3) is 2.89. The van der Waals surface area contributed by atoms with E-state index < -0.39 is 0 Å². The third-order valence-corrected chi connectivity index (χ3v) is 2.91. The molecule has 0 fully saturated rings. The highest BCUT2D eigenvalue weighted by atomic mass is 16.5. The van der Waals surface area contributed by atoms with Gasteiger partial charge in [-0.25, -0.2) is 4.98 Å². The number of rotatable bonds is 4. The maximum Gasteiger partial charge on any atom is 0.207 e. The molecule has 0 bridgehead atoms. The van der Waals surface area contributed by atoms with Gasteiger partial charge in [0, 0.05) is 12.2 Å². The molecule has 0 atom stereocenters. The molecule has 1 heterocycles. The van der Waals surface area contributed by atoms with Gasteiger partial charge in [-0.15, -0.1) is 0 Å². The molecule has 0 saturated carbocycles. The van der Waals surface area contributed by atoms with Gasteiger partial charge in [0.1, 0.15) is 5.75 Å². The number of anilines is 1. The number of imidazole rings is 1. The molecule has 0 aliphatic heterocycles. The molecule has 1 aromatic carbocycles. The molecule has 2 aromatic rings. The van der Waals surface area contributed by atoms with E-state index in [1.54, 1.807) is 7.11 Å². The Bertz CT molecular complexity index is 573. The Morgan fingerprint density at radius 2 is 2.00 bits per heavy atom. The molecule has 0 unspecified atom stereocenters. The first-order valence-corrected chi connectivity index (χ1v) is 6.49. The van der Waals surface area contributed by atoms with E-state index in [1.165, 1.54) is 0 Å². The minimum atomic E-state index is 0.346.